The van der Waals surface area contributed by atoms with E-state index in [9.17, 15) is 9.90 Å². The maximum atomic E-state index is 10.6. The molecular formula is C8H16N2O2. The zero-order valence-corrected chi connectivity index (χ0v) is 7.77. The number of carbonyl (C=O) groups excluding carboxylic acids is 1. The molecule has 1 aliphatic heterocycles. The van der Waals surface area contributed by atoms with Crippen LogP contribution in [0.25, 0.3) is 0 Å². The number of carbonyl (C=O) groups is 1. The standard InChI is InChI=1S/C8H16N2O2/c1-6(2)10-7(3)4-8(12)9(10)5-11/h5-8,12H,4H2,1-3H3. The Hall–Kier alpha value is -0.610. The van der Waals surface area contributed by atoms with Crippen molar-refractivity contribution < 1.29 is 9.90 Å². The first-order valence-electron chi connectivity index (χ1n) is 4.28. The van der Waals surface area contributed by atoms with E-state index in [1.807, 2.05) is 25.8 Å². The monoisotopic (exact) mass is 172 g/mol. The van der Waals surface area contributed by atoms with E-state index in [2.05, 4.69) is 0 Å². The second-order valence-corrected chi connectivity index (χ2v) is 3.52. The SMILES string of the molecule is CC(C)N1C(C)CC(O)N1C=O. The second kappa shape index (κ2) is 3.41. The molecule has 0 radical (unpaired) electrons. The van der Waals surface area contributed by atoms with Crippen LogP contribution in [0.1, 0.15) is 27.2 Å². The summed E-state index contributed by atoms with van der Waals surface area (Å²) in [5.41, 5.74) is 0. The molecule has 1 fully saturated rings. The molecule has 70 valence electrons. The average Bonchev–Trinajstić information content (AvgIpc) is 2.24. The van der Waals surface area contributed by atoms with Crippen molar-refractivity contribution in [1.82, 2.24) is 10.0 Å². The summed E-state index contributed by atoms with van der Waals surface area (Å²) in [6.07, 6.45) is 0.686. The maximum absolute atomic E-state index is 10.6. The van der Waals surface area contributed by atoms with Crippen LogP contribution in [0.15, 0.2) is 0 Å². The fraction of sp³-hybridized carbons (Fsp3) is 0.875. The minimum absolute atomic E-state index is 0.241. The Kier molecular flexibility index (Phi) is 2.69. The number of aliphatic hydroxyl groups excluding tert-OH is 1. The molecule has 4 heteroatoms. The first kappa shape index (κ1) is 9.48. The quantitative estimate of drug-likeness (QED) is 0.604. The highest BCUT2D eigenvalue weighted by Gasteiger charge is 2.36. The lowest BCUT2D eigenvalue weighted by molar-refractivity contribution is -0.151. The minimum atomic E-state index is -0.639. The minimum Gasteiger partial charge on any atom is -0.372 e. The normalized spacial score (nSPS) is 31.6. The zero-order valence-electron chi connectivity index (χ0n) is 7.77. The van der Waals surface area contributed by atoms with Crippen molar-refractivity contribution in [2.45, 2.75) is 45.5 Å². The van der Waals surface area contributed by atoms with Gasteiger partial charge in [0.25, 0.3) is 0 Å². The zero-order chi connectivity index (χ0) is 9.30. The first-order valence-corrected chi connectivity index (χ1v) is 4.28. The summed E-state index contributed by atoms with van der Waals surface area (Å²) >= 11 is 0. The van der Waals surface area contributed by atoms with Crippen LogP contribution in [0.2, 0.25) is 0 Å². The predicted molar refractivity (Wildman–Crippen MR) is 45.0 cm³/mol. The van der Waals surface area contributed by atoms with E-state index >= 15 is 0 Å². The van der Waals surface area contributed by atoms with Gasteiger partial charge in [-0.1, -0.05) is 0 Å². The average molecular weight is 172 g/mol. The Bertz CT molecular complexity index is 172. The van der Waals surface area contributed by atoms with Crippen LogP contribution >= 0.6 is 0 Å². The molecule has 0 aromatic rings. The number of amides is 1. The Morgan fingerprint density at radius 1 is 1.58 bits per heavy atom. The molecular weight excluding hydrogens is 156 g/mol. The van der Waals surface area contributed by atoms with Gasteiger partial charge in [-0.15, -0.1) is 0 Å². The fourth-order valence-electron chi connectivity index (χ4n) is 1.80. The molecule has 1 amide bonds. The third-order valence-corrected chi connectivity index (χ3v) is 2.21. The molecule has 1 aliphatic rings. The summed E-state index contributed by atoms with van der Waals surface area (Å²) in [5.74, 6) is 0. The predicted octanol–water partition coefficient (Wildman–Crippen LogP) is 0.181. The van der Waals surface area contributed by atoms with Crippen molar-refractivity contribution in [3.05, 3.63) is 0 Å². The number of hydrazine groups is 1. The molecule has 12 heavy (non-hydrogen) atoms. The van der Waals surface area contributed by atoms with Crippen LogP contribution in [0.3, 0.4) is 0 Å². The molecule has 1 heterocycles. The van der Waals surface area contributed by atoms with E-state index in [0.717, 1.165) is 0 Å². The van der Waals surface area contributed by atoms with E-state index < -0.39 is 6.23 Å². The summed E-state index contributed by atoms with van der Waals surface area (Å²) in [6, 6.07) is 0.493. The fourth-order valence-corrected chi connectivity index (χ4v) is 1.80. The van der Waals surface area contributed by atoms with Crippen LogP contribution in [-0.4, -0.2) is 39.8 Å². The van der Waals surface area contributed by atoms with Crippen molar-refractivity contribution >= 4 is 6.41 Å². The third kappa shape index (κ3) is 1.44. The van der Waals surface area contributed by atoms with Gasteiger partial charge in [0.05, 0.1) is 0 Å². The highest BCUT2D eigenvalue weighted by atomic mass is 16.3. The van der Waals surface area contributed by atoms with Gasteiger partial charge in [0.15, 0.2) is 0 Å². The van der Waals surface area contributed by atoms with Crippen LogP contribution in [-0.2, 0) is 4.79 Å². The molecule has 0 saturated carbocycles. The van der Waals surface area contributed by atoms with Crippen molar-refractivity contribution in [2.75, 3.05) is 0 Å². The van der Waals surface area contributed by atoms with Crippen molar-refractivity contribution in [1.29, 1.82) is 0 Å². The molecule has 0 spiro atoms. The van der Waals surface area contributed by atoms with Gasteiger partial charge < -0.3 is 5.11 Å². The topological polar surface area (TPSA) is 43.8 Å². The van der Waals surface area contributed by atoms with E-state index in [1.165, 1.54) is 5.01 Å². The van der Waals surface area contributed by atoms with Crippen molar-refractivity contribution in [2.24, 2.45) is 0 Å². The highest BCUT2D eigenvalue weighted by Crippen LogP contribution is 2.23. The molecule has 0 aromatic carbocycles. The summed E-state index contributed by atoms with van der Waals surface area (Å²) < 4.78 is 0. The Labute approximate surface area is 72.7 Å². The van der Waals surface area contributed by atoms with Gasteiger partial charge in [-0.2, -0.15) is 0 Å². The molecule has 1 rings (SSSR count). The Morgan fingerprint density at radius 3 is 2.50 bits per heavy atom. The number of nitrogens with zero attached hydrogens (tertiary/aromatic N) is 2. The van der Waals surface area contributed by atoms with Gasteiger partial charge >= 0.3 is 0 Å². The maximum Gasteiger partial charge on any atom is 0.226 e. The summed E-state index contributed by atoms with van der Waals surface area (Å²) in [7, 11) is 0. The highest BCUT2D eigenvalue weighted by molar-refractivity contribution is 5.47. The molecule has 4 nitrogen and oxygen atoms in total. The van der Waals surface area contributed by atoms with Gasteiger partial charge in [0, 0.05) is 18.5 Å². The lowest BCUT2D eigenvalue weighted by Gasteiger charge is -2.32. The van der Waals surface area contributed by atoms with Gasteiger partial charge in [-0.05, 0) is 20.8 Å². The van der Waals surface area contributed by atoms with Crippen LogP contribution in [0.4, 0.5) is 0 Å². The number of hydrogen-bond acceptors (Lipinski definition) is 3. The summed E-state index contributed by atoms with van der Waals surface area (Å²) in [5, 5.41) is 12.7. The van der Waals surface area contributed by atoms with E-state index in [1.54, 1.807) is 0 Å². The molecule has 1 saturated heterocycles. The van der Waals surface area contributed by atoms with E-state index in [4.69, 9.17) is 0 Å². The van der Waals surface area contributed by atoms with Crippen molar-refractivity contribution in [3.63, 3.8) is 0 Å². The molecule has 0 aromatic heterocycles. The van der Waals surface area contributed by atoms with E-state index in [0.29, 0.717) is 12.8 Å². The van der Waals surface area contributed by atoms with Gasteiger partial charge in [-0.25, -0.2) is 10.0 Å². The van der Waals surface area contributed by atoms with Crippen LogP contribution < -0.4 is 0 Å². The van der Waals surface area contributed by atoms with Gasteiger partial charge in [-0.3, -0.25) is 4.79 Å². The number of hydrogen-bond donors (Lipinski definition) is 1. The second-order valence-electron chi connectivity index (χ2n) is 3.52. The van der Waals surface area contributed by atoms with Crippen LogP contribution in [0, 0.1) is 0 Å². The Balaban J connectivity index is 2.74. The van der Waals surface area contributed by atoms with Crippen LogP contribution in [0.5, 0.6) is 0 Å². The third-order valence-electron chi connectivity index (χ3n) is 2.21. The van der Waals surface area contributed by atoms with E-state index in [-0.39, 0.29) is 12.1 Å². The smallest absolute Gasteiger partial charge is 0.226 e. The van der Waals surface area contributed by atoms with Crippen molar-refractivity contribution in [3.8, 4) is 0 Å². The number of aliphatic hydroxyl groups is 1. The van der Waals surface area contributed by atoms with Gasteiger partial charge in [0.1, 0.15) is 6.23 Å². The lowest BCUT2D eigenvalue weighted by Crippen LogP contribution is -2.46. The molecule has 2 unspecified atom stereocenters. The molecule has 0 bridgehead atoms. The summed E-state index contributed by atoms with van der Waals surface area (Å²) in [6.45, 7) is 6.02. The lowest BCUT2D eigenvalue weighted by atomic mass is 10.2. The first-order chi connectivity index (χ1) is 5.57. The molecule has 1 N–H and O–H groups in total. The van der Waals surface area contributed by atoms with Gasteiger partial charge in [0.2, 0.25) is 6.41 Å². The largest absolute Gasteiger partial charge is 0.372 e. The Morgan fingerprint density at radius 2 is 2.17 bits per heavy atom. The summed E-state index contributed by atoms with van der Waals surface area (Å²) in [4.78, 5) is 10.6. The molecule has 0 aliphatic carbocycles. The number of rotatable bonds is 2. The molecule has 2 atom stereocenters.